The average Bonchev–Trinajstić information content (AvgIpc) is 0.897. The molecule has 21 N–H and O–H groups in total. The molecular weight excluding hydrogens is 2120 g/mol. The van der Waals surface area contributed by atoms with Crippen LogP contribution in [0.5, 0.6) is 0 Å². The number of carbonyl (C=O) groups excluding carboxylic acids is 7. The predicted molar refractivity (Wildman–Crippen MR) is 522 cm³/mol. The first kappa shape index (κ1) is 180. The van der Waals surface area contributed by atoms with Crippen LogP contribution in [0.15, 0.2) is 82.8 Å². The summed E-state index contributed by atoms with van der Waals surface area (Å²) in [4.78, 5) is 66.8. The number of hydrogen-bond donors (Lipinski definition) is 14. The molecule has 748 valence electrons. The first-order valence-electron chi connectivity index (χ1n) is 41.9. The predicted octanol–water partition coefficient (Wildman–Crippen LogP) is 24.5. The molecule has 28 heteroatoms. The molecule has 0 saturated heterocycles. The van der Waals surface area contributed by atoms with Crippen LogP contribution in [0, 0.1) is 76.8 Å². The van der Waals surface area contributed by atoms with Crippen molar-refractivity contribution in [3.05, 3.63) is 82.8 Å². The monoisotopic (exact) mass is 2320 g/mol. The zero-order valence-electron chi connectivity index (χ0n) is 91.9. The van der Waals surface area contributed by atoms with Crippen molar-refractivity contribution in [3.63, 3.8) is 0 Å². The van der Waals surface area contributed by atoms with Gasteiger partial charge in [-0.2, -0.15) is 0 Å². The summed E-state index contributed by atoms with van der Waals surface area (Å²) in [6.45, 7) is 105. The van der Waals surface area contributed by atoms with Crippen LogP contribution in [0.2, 0.25) is 0 Å². The Morgan fingerprint density at radius 3 is 0.315 bits per heavy atom. The van der Waals surface area contributed by atoms with E-state index in [-0.39, 0.29) is 361 Å². The number of ketones is 7. The van der Waals surface area contributed by atoms with Gasteiger partial charge in [0, 0.05) is 242 Å². The van der Waals surface area contributed by atoms with Gasteiger partial charge >= 0.3 is 40.5 Å². The summed E-state index contributed by atoms with van der Waals surface area (Å²) in [6.07, 6.45) is 9.43. The van der Waals surface area contributed by atoms with E-state index in [1.165, 1.54) is 42.5 Å². The normalized spacial score (nSPS) is 12.5. The van der Waals surface area contributed by atoms with E-state index in [1.54, 1.807) is 118 Å². The second-order valence-electron chi connectivity index (χ2n) is 46.7. The summed E-state index contributed by atoms with van der Waals surface area (Å²) in [7, 11) is 0. The van der Waals surface area contributed by atoms with Crippen LogP contribution in [0.3, 0.4) is 0 Å². The fourth-order valence-electron chi connectivity index (χ4n) is 3.86. The van der Waals surface area contributed by atoms with E-state index >= 15 is 0 Å². The Morgan fingerprint density at radius 1 is 0.189 bits per heavy atom. The Balaban J connectivity index is -0.0000000510. The van der Waals surface area contributed by atoms with Crippen molar-refractivity contribution in [2.45, 2.75) is 436 Å². The molecule has 0 radical (unpaired) electrons. The molecule has 0 rings (SSSR count). The Kier molecular flexibility index (Phi) is 113. The smallest absolute Gasteiger partial charge is 0.325 e. The summed E-state index contributed by atoms with van der Waals surface area (Å²) in [6, 6.07) is 0. The number of rotatable bonds is 9. The molecule has 0 fully saturated rings. The van der Waals surface area contributed by atoms with Gasteiger partial charge in [-0.05, 0) is 242 Å². The second kappa shape index (κ2) is 80.1. The molecule has 0 aliphatic heterocycles. The summed E-state index contributed by atoms with van der Waals surface area (Å²) in [5.74, 6) is 3.12. The molecule has 0 saturated carbocycles. The molecule has 127 heavy (non-hydrogen) atoms. The van der Waals surface area contributed by atoms with E-state index in [0.717, 1.165) is 0 Å². The average molecular weight is 2330 g/mol. The largest absolute Gasteiger partial charge is 0.512 e. The minimum atomic E-state index is -0.500. The minimum absolute atomic E-state index is 0. The van der Waals surface area contributed by atoms with Gasteiger partial charge in [-0.25, -0.2) is 0 Å². The number of aliphatic hydroxyl groups excluding tert-OH is 11. The van der Waals surface area contributed by atoms with E-state index < -0.39 is 16.8 Å². The summed E-state index contributed by atoms with van der Waals surface area (Å²) < 4.78 is 0. The molecule has 0 aliphatic rings. The van der Waals surface area contributed by atoms with E-state index in [4.69, 9.17) is 35.7 Å². The van der Waals surface area contributed by atoms with Crippen molar-refractivity contribution in [3.8, 4) is 0 Å². The quantitative estimate of drug-likeness (QED) is 0.0442. The molecule has 0 aromatic heterocycles. The standard InChI is InChI=1S/6C11H20O2.C9H16O2.3C4H10O.4C3H8O.Ti.6Zr/c6*1-10(2,3)8(12)7-9(13)11(4,5)6;1-6(2)8(10)5-9(11)7(3)4;3*1-4(2,3)5;4*1-3(2)4;;;;;;;/h6*7,12H,1-6H3;5-7,10H,1-4H3;3*5H,1-3H3;4*3-4H,1-2H3;;;;;;;/p+7. The minimum Gasteiger partial charge on any atom is -0.512 e. The second-order valence-corrected chi connectivity index (χ2v) is 46.7. The number of allylic oxidation sites excluding steroid dienone is 14. The molecule has 0 aromatic rings. The van der Waals surface area contributed by atoms with Crippen LogP contribution in [0.25, 0.3) is 0 Å². The summed E-state index contributed by atoms with van der Waals surface area (Å²) in [5, 5.41) is 125. The Labute approximate surface area is 909 Å². The molecule has 0 bridgehead atoms. The van der Waals surface area contributed by atoms with Gasteiger partial charge in [0.15, 0.2) is 0 Å². The first-order chi connectivity index (χ1) is 51.2. The molecular formula is C99H205O21TiZr6+7. The van der Waals surface area contributed by atoms with Crippen molar-refractivity contribution in [2.75, 3.05) is 0 Å². The molecule has 21 nitrogen and oxygen atoms in total. The zero-order valence-corrected chi connectivity index (χ0v) is 108. The van der Waals surface area contributed by atoms with Crippen LogP contribution in [0.4, 0.5) is 0 Å². The molecule has 0 heterocycles. The van der Waals surface area contributed by atoms with Gasteiger partial charge in [0.05, 0.1) is 97.7 Å². The zero-order chi connectivity index (χ0) is 102. The molecule has 0 spiro atoms. The molecule has 0 aromatic carbocycles. The van der Waals surface area contributed by atoms with Gasteiger partial charge in [0.1, 0.15) is 40.3 Å². The molecule has 0 amide bonds. The maximum atomic E-state index is 9.60. The molecule has 0 atom stereocenters. The first-order valence-corrected chi connectivity index (χ1v) is 41.9. The van der Waals surface area contributed by atoms with Gasteiger partial charge in [-0.15, -0.1) is 0 Å². The van der Waals surface area contributed by atoms with Crippen LogP contribution < -0.4 is 0 Å². The third-order valence-corrected chi connectivity index (χ3v) is 12.3. The van der Waals surface area contributed by atoms with Gasteiger partial charge in [0.25, 0.3) is 0 Å². The number of hydrogen-bond acceptors (Lipinski definition) is 14. The van der Waals surface area contributed by atoms with Gasteiger partial charge in [-0.1, -0.05) is 152 Å². The van der Waals surface area contributed by atoms with Crippen LogP contribution >= 0.6 is 0 Å². The Bertz CT molecular complexity index is 2580. The third-order valence-electron chi connectivity index (χ3n) is 12.3. The topological polar surface area (TPSA) is 433 Å². The Morgan fingerprint density at radius 2 is 0.268 bits per heavy atom. The van der Waals surface area contributed by atoms with Crippen LogP contribution in [0.1, 0.15) is 395 Å². The van der Waals surface area contributed by atoms with Crippen molar-refractivity contribution in [2.24, 2.45) is 76.8 Å². The maximum absolute atomic E-state index is 9.60. The van der Waals surface area contributed by atoms with Crippen LogP contribution in [-0.2, 0) is 179 Å². The van der Waals surface area contributed by atoms with E-state index in [0.29, 0.717) is 0 Å². The fourth-order valence-corrected chi connectivity index (χ4v) is 3.86. The third kappa shape index (κ3) is 166. The van der Waals surface area contributed by atoms with E-state index in [2.05, 4.69) is 0 Å². The SMILES string of the molecule is CC(C)(C)C(=[OH+])C=C(O)C(C)(C)C.CC(C)(C)C(=[OH+])C=C(O)C(C)(C)C.CC(C)(C)C(=[OH+])C=C(O)C(C)(C)C.CC(C)(C)C(=[OH+])C=C(O)C(C)(C)C.CC(C)(C)C(=[OH+])C=C(O)C(C)(C)C.CC(C)(C)C(=[OH+])C=C(O)C(C)(C)C.CC(C)(C)O.CC(C)(C)O.CC(C)(C)O.CC(C)C(=[OH+])C=C(O)C(C)C.CC(C)O.CC(C)O.CC(C)O.CC(C)O.[Ti].[Zr].[Zr].[Zr].[Zr].[Zr].[Zr]. The van der Waals surface area contributed by atoms with Crippen molar-refractivity contribution < 1.29 is 284 Å². The van der Waals surface area contributed by atoms with E-state index in [9.17, 15) is 69.3 Å². The van der Waals surface area contributed by atoms with Gasteiger partial charge < -0.3 is 71.5 Å². The summed E-state index contributed by atoms with van der Waals surface area (Å²) in [5.41, 5.74) is -5.18. The molecule has 0 unspecified atom stereocenters. The van der Waals surface area contributed by atoms with Crippen molar-refractivity contribution >= 4 is 40.5 Å². The fraction of sp³-hybridized carbons (Fsp3) is 0.788. The van der Waals surface area contributed by atoms with Crippen LogP contribution in [-0.4, -0.2) is 187 Å². The van der Waals surface area contributed by atoms with Gasteiger partial charge in [-0.3, -0.25) is 33.6 Å². The maximum Gasteiger partial charge on any atom is 0.325 e. The van der Waals surface area contributed by atoms with Crippen molar-refractivity contribution in [1.29, 1.82) is 0 Å². The Hall–Kier alpha value is 0.203. The summed E-state index contributed by atoms with van der Waals surface area (Å²) >= 11 is 0. The van der Waals surface area contributed by atoms with Crippen molar-refractivity contribution in [1.82, 2.24) is 0 Å². The van der Waals surface area contributed by atoms with Gasteiger partial charge in [0.2, 0.25) is 0 Å². The van der Waals surface area contributed by atoms with E-state index in [1.807, 2.05) is 277 Å². The molecule has 0 aliphatic carbocycles. The number of aliphatic hydroxyl groups is 14.